The Kier molecular flexibility index (Phi) is 10.0. The number of anilines is 2. The fourth-order valence-corrected chi connectivity index (χ4v) is 5.25. The monoisotopic (exact) mass is 553 g/mol. The number of rotatable bonds is 11. The average Bonchev–Trinajstić information content (AvgIpc) is 3.48. The number of furan rings is 1. The molecule has 0 bridgehead atoms. The van der Waals surface area contributed by atoms with Crippen LogP contribution in [0.25, 0.3) is 0 Å². The first-order valence-electron chi connectivity index (χ1n) is 12.9. The number of nitrogens with zero attached hydrogens (tertiary/aromatic N) is 1. The molecule has 2 aromatic carbocycles. The van der Waals surface area contributed by atoms with E-state index >= 15 is 0 Å². The lowest BCUT2D eigenvalue weighted by Crippen LogP contribution is -2.47. The lowest BCUT2D eigenvalue weighted by Gasteiger charge is -2.32. The summed E-state index contributed by atoms with van der Waals surface area (Å²) in [6.07, 6.45) is 6.50. The Bertz CT molecular complexity index is 1250. The van der Waals surface area contributed by atoms with Crippen molar-refractivity contribution in [2.24, 2.45) is 0 Å². The zero-order chi connectivity index (χ0) is 27.6. The molecule has 1 aromatic heterocycles. The summed E-state index contributed by atoms with van der Waals surface area (Å²) in [5.74, 6) is -0.637. The molecule has 0 unspecified atom stereocenters. The highest BCUT2D eigenvalue weighted by atomic mass is 32.2. The van der Waals surface area contributed by atoms with Crippen molar-refractivity contribution in [1.29, 1.82) is 0 Å². The largest absolute Gasteiger partial charge is 0.497 e. The molecule has 206 valence electrons. The second-order valence-electron chi connectivity index (χ2n) is 9.27. The van der Waals surface area contributed by atoms with Crippen molar-refractivity contribution in [1.82, 2.24) is 5.32 Å². The molecular weight excluding hydrogens is 521 g/mol. The van der Waals surface area contributed by atoms with Crippen molar-refractivity contribution in [3.63, 3.8) is 0 Å². The van der Waals surface area contributed by atoms with Gasteiger partial charge in [-0.3, -0.25) is 19.3 Å². The normalized spacial score (nSPS) is 14.3. The van der Waals surface area contributed by atoms with E-state index in [2.05, 4.69) is 10.6 Å². The van der Waals surface area contributed by atoms with Gasteiger partial charge in [0.15, 0.2) is 6.04 Å². The minimum Gasteiger partial charge on any atom is -0.497 e. The quantitative estimate of drug-likeness (QED) is 0.333. The number of thioether (sulfide) groups is 1. The molecule has 1 saturated carbocycles. The van der Waals surface area contributed by atoms with Crippen LogP contribution < -0.4 is 20.3 Å². The SMILES string of the molecule is COc1cccc(N(C(=O)CSCC(=O)Nc2ccc(F)cc2)[C@@H](C(=O)NC2CCCCC2)c2ccco2)c1. The summed E-state index contributed by atoms with van der Waals surface area (Å²) >= 11 is 1.12. The molecule has 1 aliphatic rings. The average molecular weight is 554 g/mol. The maximum Gasteiger partial charge on any atom is 0.251 e. The van der Waals surface area contributed by atoms with E-state index in [4.69, 9.17) is 9.15 Å². The molecule has 2 N–H and O–H groups in total. The lowest BCUT2D eigenvalue weighted by atomic mass is 9.95. The van der Waals surface area contributed by atoms with E-state index in [9.17, 15) is 18.8 Å². The Morgan fingerprint density at radius 3 is 2.51 bits per heavy atom. The predicted octanol–water partition coefficient (Wildman–Crippen LogP) is 5.32. The van der Waals surface area contributed by atoms with Crippen LogP contribution in [-0.4, -0.2) is 42.4 Å². The number of amides is 3. The molecule has 0 saturated heterocycles. The van der Waals surface area contributed by atoms with Gasteiger partial charge in [0.2, 0.25) is 11.8 Å². The van der Waals surface area contributed by atoms with Gasteiger partial charge in [0.1, 0.15) is 17.3 Å². The van der Waals surface area contributed by atoms with Crippen molar-refractivity contribution >= 4 is 40.9 Å². The molecule has 8 nitrogen and oxygen atoms in total. The third-order valence-electron chi connectivity index (χ3n) is 6.46. The minimum atomic E-state index is -1.05. The lowest BCUT2D eigenvalue weighted by molar-refractivity contribution is -0.127. The molecule has 10 heteroatoms. The Labute approximate surface area is 231 Å². The van der Waals surface area contributed by atoms with Crippen LogP contribution >= 0.6 is 11.8 Å². The molecule has 39 heavy (non-hydrogen) atoms. The minimum absolute atomic E-state index is 0.00520. The Hall–Kier alpha value is -3.79. The molecule has 1 fully saturated rings. The Balaban J connectivity index is 1.53. The van der Waals surface area contributed by atoms with Crippen LogP contribution in [0.3, 0.4) is 0 Å². The van der Waals surface area contributed by atoms with E-state index < -0.39 is 11.9 Å². The van der Waals surface area contributed by atoms with Gasteiger partial charge in [-0.05, 0) is 61.4 Å². The summed E-state index contributed by atoms with van der Waals surface area (Å²) in [6, 6.07) is 14.7. The van der Waals surface area contributed by atoms with Crippen molar-refractivity contribution < 1.29 is 27.9 Å². The summed E-state index contributed by atoms with van der Waals surface area (Å²) in [5, 5.41) is 5.81. The van der Waals surface area contributed by atoms with Crippen molar-refractivity contribution in [3.05, 3.63) is 78.5 Å². The summed E-state index contributed by atoms with van der Waals surface area (Å²) in [6.45, 7) is 0. The van der Waals surface area contributed by atoms with E-state index in [1.54, 1.807) is 36.4 Å². The number of nitrogens with one attached hydrogen (secondary N) is 2. The number of hydrogen-bond donors (Lipinski definition) is 2. The van der Waals surface area contributed by atoms with Gasteiger partial charge in [-0.25, -0.2) is 4.39 Å². The van der Waals surface area contributed by atoms with Crippen LogP contribution in [0.15, 0.2) is 71.3 Å². The van der Waals surface area contributed by atoms with Gasteiger partial charge >= 0.3 is 0 Å². The van der Waals surface area contributed by atoms with Crippen molar-refractivity contribution in [2.75, 3.05) is 28.8 Å². The third-order valence-corrected chi connectivity index (χ3v) is 7.38. The Morgan fingerprint density at radius 2 is 1.82 bits per heavy atom. The van der Waals surface area contributed by atoms with Crippen molar-refractivity contribution in [3.8, 4) is 5.75 Å². The third kappa shape index (κ3) is 7.86. The fraction of sp³-hybridized carbons (Fsp3) is 0.345. The summed E-state index contributed by atoms with van der Waals surface area (Å²) in [4.78, 5) is 41.2. The zero-order valence-electron chi connectivity index (χ0n) is 21.7. The number of ether oxygens (including phenoxy) is 1. The van der Waals surface area contributed by atoms with E-state index in [0.29, 0.717) is 22.9 Å². The first-order valence-corrected chi connectivity index (χ1v) is 14.0. The van der Waals surface area contributed by atoms with Crippen LogP contribution in [0.5, 0.6) is 5.75 Å². The molecular formula is C29H32FN3O5S. The topological polar surface area (TPSA) is 101 Å². The molecule has 1 heterocycles. The number of halogens is 1. The number of carbonyl (C=O) groups is 3. The maximum absolute atomic E-state index is 13.7. The molecule has 0 radical (unpaired) electrons. The number of methoxy groups -OCH3 is 1. The zero-order valence-corrected chi connectivity index (χ0v) is 22.5. The van der Waals surface area contributed by atoms with Gasteiger partial charge in [0, 0.05) is 23.5 Å². The molecule has 1 aliphatic carbocycles. The van der Waals surface area contributed by atoms with Gasteiger partial charge in [0.05, 0.1) is 24.9 Å². The van der Waals surface area contributed by atoms with Gasteiger partial charge in [-0.15, -0.1) is 11.8 Å². The summed E-state index contributed by atoms with van der Waals surface area (Å²) < 4.78 is 24.2. The summed E-state index contributed by atoms with van der Waals surface area (Å²) in [7, 11) is 1.53. The van der Waals surface area contributed by atoms with E-state index in [-0.39, 0.29) is 35.3 Å². The van der Waals surface area contributed by atoms with Crippen LogP contribution in [0.4, 0.5) is 15.8 Å². The first-order chi connectivity index (χ1) is 18.9. The number of carbonyl (C=O) groups excluding carboxylic acids is 3. The Morgan fingerprint density at radius 1 is 1.05 bits per heavy atom. The number of hydrogen-bond acceptors (Lipinski definition) is 6. The molecule has 3 aromatic rings. The van der Waals surface area contributed by atoms with E-state index in [0.717, 1.165) is 43.9 Å². The summed E-state index contributed by atoms with van der Waals surface area (Å²) in [5.41, 5.74) is 0.930. The van der Waals surface area contributed by atoms with Crippen molar-refractivity contribution in [2.45, 2.75) is 44.2 Å². The van der Waals surface area contributed by atoms with Gasteiger partial charge in [-0.2, -0.15) is 0 Å². The highest BCUT2D eigenvalue weighted by Crippen LogP contribution is 2.32. The van der Waals surface area contributed by atoms with Crippen LogP contribution in [0.1, 0.15) is 43.9 Å². The van der Waals surface area contributed by atoms with Gasteiger partial charge in [0.25, 0.3) is 5.91 Å². The standard InChI is InChI=1S/C29H32FN3O5S/c1-37-24-10-5-9-23(17-24)33(27(35)19-39-18-26(34)31-22-14-12-20(30)13-15-22)28(25-11-6-16-38-25)29(36)32-21-7-3-2-4-8-21/h5-6,9-17,21,28H,2-4,7-8,18-19H2,1H3,(H,31,34)(H,32,36)/t28-/m1/s1. The van der Waals surface area contributed by atoms with Crippen LogP contribution in [0, 0.1) is 5.82 Å². The fourth-order valence-electron chi connectivity index (χ4n) is 4.58. The predicted molar refractivity (Wildman–Crippen MR) is 149 cm³/mol. The molecule has 0 spiro atoms. The smallest absolute Gasteiger partial charge is 0.251 e. The highest BCUT2D eigenvalue weighted by Gasteiger charge is 2.36. The molecule has 3 amide bonds. The van der Waals surface area contributed by atoms with Gasteiger partial charge < -0.3 is 19.8 Å². The maximum atomic E-state index is 13.7. The highest BCUT2D eigenvalue weighted by molar-refractivity contribution is 8.00. The molecule has 4 rings (SSSR count). The molecule has 1 atom stereocenters. The number of benzene rings is 2. The second-order valence-corrected chi connectivity index (χ2v) is 10.3. The van der Waals surface area contributed by atoms with E-state index in [1.165, 1.54) is 42.5 Å². The van der Waals surface area contributed by atoms with Crippen LogP contribution in [-0.2, 0) is 14.4 Å². The first kappa shape index (κ1) is 28.2. The van der Waals surface area contributed by atoms with E-state index in [1.807, 2.05) is 0 Å². The van der Waals surface area contributed by atoms with Gasteiger partial charge in [-0.1, -0.05) is 25.3 Å². The van der Waals surface area contributed by atoms with Crippen LogP contribution in [0.2, 0.25) is 0 Å². The second kappa shape index (κ2) is 13.8. The molecule has 0 aliphatic heterocycles.